The number of fused-ring (bicyclic) bond motifs is 1. The normalized spacial score (nSPS) is 13.9. The van der Waals surface area contributed by atoms with Crippen LogP contribution in [0.15, 0.2) is 30.6 Å². The largest absolute Gasteiger partial charge is 0.496 e. The molecule has 104 valence electrons. The molecule has 0 spiro atoms. The summed E-state index contributed by atoms with van der Waals surface area (Å²) in [5.41, 5.74) is 6.82. The molecule has 0 fully saturated rings. The second-order valence-electron chi connectivity index (χ2n) is 4.72. The van der Waals surface area contributed by atoms with E-state index in [0.717, 1.165) is 12.4 Å². The first-order valence-electron chi connectivity index (χ1n) is 6.42. The van der Waals surface area contributed by atoms with Crippen LogP contribution in [0.2, 0.25) is 0 Å². The van der Waals surface area contributed by atoms with E-state index >= 15 is 0 Å². The van der Waals surface area contributed by atoms with Crippen LogP contribution in [0.4, 0.5) is 5.69 Å². The number of carbonyl (C=O) groups excluding carboxylic acids is 1. The highest BCUT2D eigenvalue weighted by Crippen LogP contribution is 2.24. The molecule has 1 aliphatic rings. The highest BCUT2D eigenvalue weighted by atomic mass is 16.5. The van der Waals surface area contributed by atoms with Crippen LogP contribution in [0.5, 0.6) is 5.75 Å². The van der Waals surface area contributed by atoms with Gasteiger partial charge in [0.15, 0.2) is 0 Å². The number of carbonyl (C=O) groups is 1. The molecule has 6 nitrogen and oxygen atoms in total. The van der Waals surface area contributed by atoms with Crippen molar-refractivity contribution >= 4 is 11.6 Å². The number of methoxy groups -OCH3 is 1. The van der Waals surface area contributed by atoms with Crippen molar-refractivity contribution in [1.29, 1.82) is 0 Å². The van der Waals surface area contributed by atoms with Gasteiger partial charge >= 0.3 is 0 Å². The fraction of sp³-hybridized carbons (Fsp3) is 0.286. The first kappa shape index (κ1) is 12.5. The van der Waals surface area contributed by atoms with Crippen LogP contribution in [-0.4, -0.2) is 34.0 Å². The third-order valence-electron chi connectivity index (χ3n) is 3.49. The summed E-state index contributed by atoms with van der Waals surface area (Å²) < 4.78 is 7.30. The van der Waals surface area contributed by atoms with Crippen molar-refractivity contribution in [3.8, 4) is 5.75 Å². The number of nitrogen functional groups attached to an aromatic ring is 1. The number of amides is 1. The maximum absolute atomic E-state index is 12.6. The molecule has 0 radical (unpaired) electrons. The number of nitrogens with zero attached hydrogens (tertiary/aromatic N) is 3. The second kappa shape index (κ2) is 4.88. The van der Waals surface area contributed by atoms with Gasteiger partial charge in [0.05, 0.1) is 19.2 Å². The molecule has 0 bridgehead atoms. The molecule has 0 atom stereocenters. The summed E-state index contributed by atoms with van der Waals surface area (Å²) in [5.74, 6) is 1.35. The Hall–Kier alpha value is -2.50. The summed E-state index contributed by atoms with van der Waals surface area (Å²) in [5, 5.41) is 0. The van der Waals surface area contributed by atoms with Crippen molar-refractivity contribution in [2.75, 3.05) is 19.4 Å². The molecular formula is C14H16N4O2. The summed E-state index contributed by atoms with van der Waals surface area (Å²) in [4.78, 5) is 18.6. The Morgan fingerprint density at radius 3 is 3.05 bits per heavy atom. The Morgan fingerprint density at radius 2 is 2.25 bits per heavy atom. The molecule has 2 N–H and O–H groups in total. The lowest BCUT2D eigenvalue weighted by atomic mass is 10.1. The van der Waals surface area contributed by atoms with Gasteiger partial charge in [-0.25, -0.2) is 4.98 Å². The van der Waals surface area contributed by atoms with Crippen molar-refractivity contribution in [3.05, 3.63) is 42.0 Å². The monoisotopic (exact) mass is 272 g/mol. The van der Waals surface area contributed by atoms with Gasteiger partial charge in [-0.05, 0) is 12.1 Å². The minimum Gasteiger partial charge on any atom is -0.496 e. The van der Waals surface area contributed by atoms with E-state index in [9.17, 15) is 4.79 Å². The van der Waals surface area contributed by atoms with E-state index in [0.29, 0.717) is 30.1 Å². The summed E-state index contributed by atoms with van der Waals surface area (Å²) in [6.45, 7) is 1.94. The number of rotatable bonds is 2. The molecule has 2 heterocycles. The molecule has 20 heavy (non-hydrogen) atoms. The molecule has 0 aliphatic carbocycles. The number of nitrogens with two attached hydrogens (primary N) is 1. The van der Waals surface area contributed by atoms with Gasteiger partial charge in [0, 0.05) is 37.2 Å². The lowest BCUT2D eigenvalue weighted by Crippen LogP contribution is -2.38. The lowest BCUT2D eigenvalue weighted by Gasteiger charge is -2.28. The smallest absolute Gasteiger partial charge is 0.258 e. The number of imidazole rings is 1. The quantitative estimate of drug-likeness (QED) is 0.832. The van der Waals surface area contributed by atoms with Gasteiger partial charge in [-0.1, -0.05) is 0 Å². The summed E-state index contributed by atoms with van der Waals surface area (Å²) >= 11 is 0. The summed E-state index contributed by atoms with van der Waals surface area (Å²) in [6.07, 6.45) is 3.69. The van der Waals surface area contributed by atoms with Gasteiger partial charge in [-0.2, -0.15) is 0 Å². The molecule has 0 saturated heterocycles. The number of anilines is 1. The number of ether oxygens (including phenoxy) is 1. The Kier molecular flexibility index (Phi) is 3.06. The van der Waals surface area contributed by atoms with E-state index in [4.69, 9.17) is 10.5 Å². The average molecular weight is 272 g/mol. The highest BCUT2D eigenvalue weighted by Gasteiger charge is 2.24. The molecule has 1 amide bonds. The molecule has 1 aromatic carbocycles. The number of aromatic nitrogens is 2. The Morgan fingerprint density at radius 1 is 1.40 bits per heavy atom. The average Bonchev–Trinajstić information content (AvgIpc) is 2.93. The van der Waals surface area contributed by atoms with E-state index in [1.807, 2.05) is 6.20 Å². The summed E-state index contributed by atoms with van der Waals surface area (Å²) in [6, 6.07) is 5.08. The van der Waals surface area contributed by atoms with Crippen LogP contribution in [0.3, 0.4) is 0 Å². The first-order valence-corrected chi connectivity index (χ1v) is 6.42. The predicted octanol–water partition coefficient (Wildman–Crippen LogP) is 1.13. The number of benzene rings is 1. The van der Waals surface area contributed by atoms with Crippen LogP contribution in [-0.2, 0) is 13.1 Å². The molecule has 1 aliphatic heterocycles. The van der Waals surface area contributed by atoms with Crippen molar-refractivity contribution in [2.24, 2.45) is 0 Å². The van der Waals surface area contributed by atoms with Crippen LogP contribution >= 0.6 is 0 Å². The number of hydrogen-bond acceptors (Lipinski definition) is 4. The molecule has 0 unspecified atom stereocenters. The maximum atomic E-state index is 12.6. The van der Waals surface area contributed by atoms with Crippen LogP contribution in [0.1, 0.15) is 16.2 Å². The Labute approximate surface area is 116 Å². The zero-order valence-electron chi connectivity index (χ0n) is 11.2. The first-order chi connectivity index (χ1) is 9.69. The minimum atomic E-state index is -0.0592. The van der Waals surface area contributed by atoms with Crippen molar-refractivity contribution in [3.63, 3.8) is 0 Å². The third-order valence-corrected chi connectivity index (χ3v) is 3.49. The molecule has 6 heteroatoms. The van der Waals surface area contributed by atoms with Crippen LogP contribution in [0.25, 0.3) is 0 Å². The Bertz CT molecular complexity index is 650. The standard InChI is InChI=1S/C14H16N4O2/c1-20-12-8-10(15)2-3-11(12)14(19)18-7-6-17-5-4-16-13(17)9-18/h2-5,8H,6-7,9,15H2,1H3. The van der Waals surface area contributed by atoms with Gasteiger partial charge in [0.2, 0.25) is 0 Å². The number of hydrogen-bond donors (Lipinski definition) is 1. The van der Waals surface area contributed by atoms with Crippen molar-refractivity contribution < 1.29 is 9.53 Å². The van der Waals surface area contributed by atoms with Crippen molar-refractivity contribution in [1.82, 2.24) is 14.5 Å². The molecule has 3 rings (SSSR count). The minimum absolute atomic E-state index is 0.0592. The fourth-order valence-electron chi connectivity index (χ4n) is 2.40. The fourth-order valence-corrected chi connectivity index (χ4v) is 2.40. The predicted molar refractivity (Wildman–Crippen MR) is 74.4 cm³/mol. The third kappa shape index (κ3) is 2.09. The second-order valence-corrected chi connectivity index (χ2v) is 4.72. The van der Waals surface area contributed by atoms with Crippen LogP contribution < -0.4 is 10.5 Å². The zero-order valence-corrected chi connectivity index (χ0v) is 11.2. The maximum Gasteiger partial charge on any atom is 0.258 e. The van der Waals surface area contributed by atoms with Gasteiger partial charge in [-0.3, -0.25) is 4.79 Å². The molecule has 1 aromatic heterocycles. The molecule has 0 saturated carbocycles. The van der Waals surface area contributed by atoms with E-state index in [1.165, 1.54) is 7.11 Å². The zero-order chi connectivity index (χ0) is 14.1. The molecule has 2 aromatic rings. The Balaban J connectivity index is 1.87. The summed E-state index contributed by atoms with van der Waals surface area (Å²) in [7, 11) is 1.54. The molecular weight excluding hydrogens is 256 g/mol. The lowest BCUT2D eigenvalue weighted by molar-refractivity contribution is 0.0704. The van der Waals surface area contributed by atoms with E-state index < -0.39 is 0 Å². The van der Waals surface area contributed by atoms with Gasteiger partial charge in [0.25, 0.3) is 5.91 Å². The SMILES string of the molecule is COc1cc(N)ccc1C(=O)N1CCn2ccnc2C1. The topological polar surface area (TPSA) is 73.4 Å². The van der Waals surface area contributed by atoms with E-state index in [2.05, 4.69) is 9.55 Å². The van der Waals surface area contributed by atoms with Gasteiger partial charge < -0.3 is 19.9 Å². The highest BCUT2D eigenvalue weighted by molar-refractivity contribution is 5.97. The van der Waals surface area contributed by atoms with Gasteiger partial charge in [-0.15, -0.1) is 0 Å². The van der Waals surface area contributed by atoms with Gasteiger partial charge in [0.1, 0.15) is 11.6 Å². The van der Waals surface area contributed by atoms with Crippen LogP contribution in [0, 0.1) is 0 Å². The van der Waals surface area contributed by atoms with E-state index in [-0.39, 0.29) is 5.91 Å². The van der Waals surface area contributed by atoms with E-state index in [1.54, 1.807) is 29.3 Å². The van der Waals surface area contributed by atoms with Crippen molar-refractivity contribution in [2.45, 2.75) is 13.1 Å².